The standard InChI is InChI=1S/C10H14ClN3O3/c1-3-4-6(10(15)16)17-7-8(11)13-5(2)14-9(7)12/h6H,3-4H2,1-2H3,(H,15,16)(H2,12,13,14). The maximum absolute atomic E-state index is 10.9. The fourth-order valence-corrected chi connectivity index (χ4v) is 1.56. The molecule has 7 heteroatoms. The van der Waals surface area contributed by atoms with E-state index in [-0.39, 0.29) is 16.7 Å². The first-order chi connectivity index (χ1) is 7.95. The van der Waals surface area contributed by atoms with Crippen molar-refractivity contribution < 1.29 is 14.6 Å². The third-order valence-corrected chi connectivity index (χ3v) is 2.30. The van der Waals surface area contributed by atoms with Crippen molar-refractivity contribution in [1.29, 1.82) is 0 Å². The molecule has 1 unspecified atom stereocenters. The summed E-state index contributed by atoms with van der Waals surface area (Å²) in [5, 5.41) is 8.98. The lowest BCUT2D eigenvalue weighted by Gasteiger charge is -2.16. The van der Waals surface area contributed by atoms with E-state index in [0.29, 0.717) is 18.7 Å². The van der Waals surface area contributed by atoms with E-state index >= 15 is 0 Å². The molecule has 0 amide bonds. The molecule has 17 heavy (non-hydrogen) atoms. The van der Waals surface area contributed by atoms with Crippen molar-refractivity contribution in [2.24, 2.45) is 0 Å². The fourth-order valence-electron chi connectivity index (χ4n) is 1.29. The number of halogens is 1. The first kappa shape index (κ1) is 13.5. The number of aryl methyl sites for hydroxylation is 1. The second-order valence-electron chi connectivity index (χ2n) is 3.51. The zero-order valence-electron chi connectivity index (χ0n) is 9.61. The van der Waals surface area contributed by atoms with Crippen LogP contribution in [0.3, 0.4) is 0 Å². The normalized spacial score (nSPS) is 12.2. The van der Waals surface area contributed by atoms with Gasteiger partial charge in [0.2, 0.25) is 0 Å². The number of hydrogen-bond donors (Lipinski definition) is 2. The van der Waals surface area contributed by atoms with Crippen molar-refractivity contribution in [2.75, 3.05) is 5.73 Å². The Morgan fingerprint density at radius 1 is 1.59 bits per heavy atom. The minimum atomic E-state index is -1.07. The maximum Gasteiger partial charge on any atom is 0.344 e. The smallest absolute Gasteiger partial charge is 0.344 e. The molecule has 0 aromatic carbocycles. The van der Waals surface area contributed by atoms with Gasteiger partial charge < -0.3 is 15.6 Å². The molecule has 0 aliphatic rings. The molecule has 0 saturated heterocycles. The molecule has 1 heterocycles. The summed E-state index contributed by atoms with van der Waals surface area (Å²) in [4.78, 5) is 18.7. The van der Waals surface area contributed by atoms with Crippen molar-refractivity contribution >= 4 is 23.4 Å². The summed E-state index contributed by atoms with van der Waals surface area (Å²) in [5.74, 6) is -0.590. The van der Waals surface area contributed by atoms with Gasteiger partial charge in [0.05, 0.1) is 0 Å². The molecule has 0 fully saturated rings. The molecule has 0 spiro atoms. The minimum absolute atomic E-state index is 0.0253. The number of carboxylic acids is 1. The van der Waals surface area contributed by atoms with E-state index in [0.717, 1.165) is 0 Å². The van der Waals surface area contributed by atoms with Gasteiger partial charge in [-0.15, -0.1) is 0 Å². The SMILES string of the molecule is CCCC(Oc1c(N)nc(C)nc1Cl)C(=O)O. The van der Waals surface area contributed by atoms with Crippen LogP contribution in [0, 0.1) is 6.92 Å². The zero-order chi connectivity index (χ0) is 13.0. The van der Waals surface area contributed by atoms with Crippen LogP contribution in [-0.4, -0.2) is 27.1 Å². The summed E-state index contributed by atoms with van der Waals surface area (Å²) < 4.78 is 5.25. The lowest BCUT2D eigenvalue weighted by molar-refractivity contribution is -0.145. The molecule has 0 saturated carbocycles. The Balaban J connectivity index is 2.97. The van der Waals surface area contributed by atoms with E-state index in [2.05, 4.69) is 9.97 Å². The van der Waals surface area contributed by atoms with Crippen LogP contribution in [0.15, 0.2) is 0 Å². The summed E-state index contributed by atoms with van der Waals surface area (Å²) in [6.07, 6.45) is 0.0336. The van der Waals surface area contributed by atoms with Crippen LogP contribution in [0.1, 0.15) is 25.6 Å². The van der Waals surface area contributed by atoms with Gasteiger partial charge in [-0.1, -0.05) is 24.9 Å². The zero-order valence-corrected chi connectivity index (χ0v) is 10.4. The van der Waals surface area contributed by atoms with Crippen LogP contribution in [-0.2, 0) is 4.79 Å². The Morgan fingerprint density at radius 2 is 2.24 bits per heavy atom. The van der Waals surface area contributed by atoms with Crippen LogP contribution in [0.25, 0.3) is 0 Å². The molecule has 6 nitrogen and oxygen atoms in total. The summed E-state index contributed by atoms with van der Waals surface area (Å²) in [7, 11) is 0. The molecular formula is C10H14ClN3O3. The van der Waals surface area contributed by atoms with Crippen molar-refractivity contribution in [3.63, 3.8) is 0 Å². The van der Waals surface area contributed by atoms with E-state index < -0.39 is 12.1 Å². The van der Waals surface area contributed by atoms with Gasteiger partial charge in [0.15, 0.2) is 22.8 Å². The number of nitrogens with zero attached hydrogens (tertiary/aromatic N) is 2. The Morgan fingerprint density at radius 3 is 2.71 bits per heavy atom. The molecule has 0 aliphatic carbocycles. The van der Waals surface area contributed by atoms with E-state index in [1.165, 1.54) is 0 Å². The topological polar surface area (TPSA) is 98.3 Å². The Kier molecular flexibility index (Phi) is 4.51. The summed E-state index contributed by atoms with van der Waals surface area (Å²) in [6, 6.07) is 0. The molecule has 1 aromatic heterocycles. The van der Waals surface area contributed by atoms with Crippen molar-refractivity contribution in [3.05, 3.63) is 11.0 Å². The molecule has 94 valence electrons. The van der Waals surface area contributed by atoms with Crippen LogP contribution >= 0.6 is 11.6 Å². The van der Waals surface area contributed by atoms with Gasteiger partial charge in [0, 0.05) is 0 Å². The number of aromatic nitrogens is 2. The highest BCUT2D eigenvalue weighted by Gasteiger charge is 2.22. The predicted molar refractivity (Wildman–Crippen MR) is 63.2 cm³/mol. The number of ether oxygens (including phenoxy) is 1. The quantitative estimate of drug-likeness (QED) is 0.780. The van der Waals surface area contributed by atoms with E-state index in [4.69, 9.17) is 27.2 Å². The van der Waals surface area contributed by atoms with Gasteiger partial charge in [0.1, 0.15) is 5.82 Å². The molecule has 0 bridgehead atoms. The lowest BCUT2D eigenvalue weighted by atomic mass is 10.2. The van der Waals surface area contributed by atoms with Gasteiger partial charge in [0.25, 0.3) is 0 Å². The summed E-state index contributed by atoms with van der Waals surface area (Å²) in [6.45, 7) is 3.49. The number of nitrogen functional groups attached to an aromatic ring is 1. The van der Waals surface area contributed by atoms with Crippen LogP contribution in [0.4, 0.5) is 5.82 Å². The minimum Gasteiger partial charge on any atom is -0.479 e. The van der Waals surface area contributed by atoms with Gasteiger partial charge in [-0.25, -0.2) is 14.8 Å². The second-order valence-corrected chi connectivity index (χ2v) is 3.87. The first-order valence-electron chi connectivity index (χ1n) is 5.14. The van der Waals surface area contributed by atoms with Gasteiger partial charge >= 0.3 is 5.97 Å². The molecule has 1 aromatic rings. The van der Waals surface area contributed by atoms with Gasteiger partial charge in [-0.3, -0.25) is 0 Å². The van der Waals surface area contributed by atoms with Crippen LogP contribution in [0.5, 0.6) is 5.75 Å². The van der Waals surface area contributed by atoms with E-state index in [1.54, 1.807) is 6.92 Å². The monoisotopic (exact) mass is 259 g/mol. The van der Waals surface area contributed by atoms with Gasteiger partial charge in [-0.2, -0.15) is 0 Å². The van der Waals surface area contributed by atoms with Crippen LogP contribution in [0.2, 0.25) is 5.15 Å². The average molecular weight is 260 g/mol. The number of carbonyl (C=O) groups is 1. The summed E-state index contributed by atoms with van der Waals surface area (Å²) in [5.41, 5.74) is 5.61. The lowest BCUT2D eigenvalue weighted by Crippen LogP contribution is -2.27. The highest BCUT2D eigenvalue weighted by atomic mass is 35.5. The average Bonchev–Trinajstić information content (AvgIpc) is 2.21. The molecule has 0 aliphatic heterocycles. The van der Waals surface area contributed by atoms with Crippen molar-refractivity contribution in [1.82, 2.24) is 9.97 Å². The first-order valence-corrected chi connectivity index (χ1v) is 5.52. The number of anilines is 1. The Hall–Kier alpha value is -1.56. The van der Waals surface area contributed by atoms with Crippen molar-refractivity contribution in [3.8, 4) is 5.75 Å². The highest BCUT2D eigenvalue weighted by Crippen LogP contribution is 2.29. The van der Waals surface area contributed by atoms with E-state index in [1.807, 2.05) is 6.92 Å². The third kappa shape index (κ3) is 3.45. The maximum atomic E-state index is 10.9. The second kappa shape index (κ2) is 5.67. The molecule has 3 N–H and O–H groups in total. The number of hydrogen-bond acceptors (Lipinski definition) is 5. The highest BCUT2D eigenvalue weighted by molar-refractivity contribution is 6.31. The molecular weight excluding hydrogens is 246 g/mol. The van der Waals surface area contributed by atoms with E-state index in [9.17, 15) is 4.79 Å². The van der Waals surface area contributed by atoms with Crippen LogP contribution < -0.4 is 10.5 Å². The Labute approximate surface area is 104 Å². The molecule has 1 rings (SSSR count). The largest absolute Gasteiger partial charge is 0.479 e. The molecule has 0 radical (unpaired) electrons. The fraction of sp³-hybridized carbons (Fsp3) is 0.500. The number of nitrogens with two attached hydrogens (primary N) is 1. The van der Waals surface area contributed by atoms with Crippen molar-refractivity contribution in [2.45, 2.75) is 32.8 Å². The van der Waals surface area contributed by atoms with Gasteiger partial charge in [-0.05, 0) is 13.3 Å². The predicted octanol–water partition coefficient (Wildman–Crippen LogP) is 1.65. The molecule has 1 atom stereocenters. The Bertz CT molecular complexity index is 402. The number of aliphatic carboxylic acids is 1. The number of carboxylic acid groups (broad SMARTS) is 1. The summed E-state index contributed by atoms with van der Waals surface area (Å²) >= 11 is 5.83. The number of rotatable bonds is 5. The third-order valence-electron chi connectivity index (χ3n) is 2.05.